The van der Waals surface area contributed by atoms with Gasteiger partial charge in [0.1, 0.15) is 5.82 Å². The van der Waals surface area contributed by atoms with Crippen LogP contribution in [-0.4, -0.2) is 11.5 Å². The molecule has 0 unspecified atom stereocenters. The average Bonchev–Trinajstić information content (AvgIpc) is 2.41. The predicted molar refractivity (Wildman–Crippen MR) is 67.8 cm³/mol. The number of ketones is 1. The highest BCUT2D eigenvalue weighted by molar-refractivity contribution is 8.00. The molecule has 19 heavy (non-hydrogen) atoms. The minimum Gasteiger partial charge on any atom is -0.293 e. The molecule has 2 aromatic carbocycles. The van der Waals surface area contributed by atoms with Crippen molar-refractivity contribution in [1.82, 2.24) is 0 Å². The van der Waals surface area contributed by atoms with Gasteiger partial charge in [-0.25, -0.2) is 13.2 Å². The topological polar surface area (TPSA) is 17.1 Å². The number of hydrogen-bond donors (Lipinski definition) is 0. The Bertz CT molecular complexity index is 596. The van der Waals surface area contributed by atoms with Gasteiger partial charge in [0.15, 0.2) is 17.4 Å². The van der Waals surface area contributed by atoms with Crippen molar-refractivity contribution >= 4 is 17.5 Å². The maximum Gasteiger partial charge on any atom is 0.173 e. The van der Waals surface area contributed by atoms with E-state index < -0.39 is 11.6 Å². The van der Waals surface area contributed by atoms with Crippen LogP contribution in [0.1, 0.15) is 10.4 Å². The van der Waals surface area contributed by atoms with Gasteiger partial charge >= 0.3 is 0 Å². The van der Waals surface area contributed by atoms with E-state index in [1.807, 2.05) is 0 Å². The van der Waals surface area contributed by atoms with Gasteiger partial charge in [0.25, 0.3) is 0 Å². The van der Waals surface area contributed by atoms with Crippen molar-refractivity contribution in [3.05, 3.63) is 65.5 Å². The van der Waals surface area contributed by atoms with Crippen LogP contribution in [0.5, 0.6) is 0 Å². The number of hydrogen-bond acceptors (Lipinski definition) is 2. The van der Waals surface area contributed by atoms with E-state index >= 15 is 0 Å². The van der Waals surface area contributed by atoms with Gasteiger partial charge in [0, 0.05) is 10.5 Å². The highest BCUT2D eigenvalue weighted by atomic mass is 32.2. The summed E-state index contributed by atoms with van der Waals surface area (Å²) < 4.78 is 38.4. The standard InChI is InChI=1S/C14H9F3OS/c15-10-2-4-11(5-3-10)19-8-14(18)9-1-6-12(16)13(17)7-9/h1-7H,8H2. The monoisotopic (exact) mass is 282 g/mol. The molecule has 2 aromatic rings. The third-order valence-corrected chi connectivity index (χ3v) is 3.44. The van der Waals surface area contributed by atoms with Crippen LogP contribution in [0.3, 0.4) is 0 Å². The van der Waals surface area contributed by atoms with E-state index in [0.717, 1.165) is 17.0 Å². The van der Waals surface area contributed by atoms with Crippen molar-refractivity contribution in [1.29, 1.82) is 0 Å². The number of thioether (sulfide) groups is 1. The van der Waals surface area contributed by atoms with Crippen LogP contribution in [0.25, 0.3) is 0 Å². The largest absolute Gasteiger partial charge is 0.293 e. The molecule has 1 nitrogen and oxygen atoms in total. The van der Waals surface area contributed by atoms with Crippen molar-refractivity contribution in [2.24, 2.45) is 0 Å². The molecule has 0 aliphatic rings. The summed E-state index contributed by atoms with van der Waals surface area (Å²) in [4.78, 5) is 12.5. The van der Waals surface area contributed by atoms with Crippen LogP contribution in [-0.2, 0) is 0 Å². The van der Waals surface area contributed by atoms with Crippen LogP contribution in [0.2, 0.25) is 0 Å². The van der Waals surface area contributed by atoms with E-state index in [4.69, 9.17) is 0 Å². The average molecular weight is 282 g/mol. The second-order valence-electron chi connectivity index (χ2n) is 3.79. The molecule has 0 radical (unpaired) electrons. The molecule has 5 heteroatoms. The molecule has 0 spiro atoms. The Balaban J connectivity index is 2.01. The third kappa shape index (κ3) is 3.61. The fourth-order valence-corrected chi connectivity index (χ4v) is 2.23. The molecule has 0 saturated carbocycles. The van der Waals surface area contributed by atoms with E-state index in [9.17, 15) is 18.0 Å². The second kappa shape index (κ2) is 5.93. The summed E-state index contributed by atoms with van der Waals surface area (Å²) in [6, 6.07) is 8.74. The highest BCUT2D eigenvalue weighted by Crippen LogP contribution is 2.20. The lowest BCUT2D eigenvalue weighted by Crippen LogP contribution is -2.03. The summed E-state index contributed by atoms with van der Waals surface area (Å²) in [5, 5.41) is 0. The Morgan fingerprint density at radius 3 is 2.26 bits per heavy atom. The van der Waals surface area contributed by atoms with Gasteiger partial charge in [-0.3, -0.25) is 4.79 Å². The summed E-state index contributed by atoms with van der Waals surface area (Å²) in [7, 11) is 0. The zero-order valence-electron chi connectivity index (χ0n) is 9.70. The van der Waals surface area contributed by atoms with Crippen molar-refractivity contribution in [2.45, 2.75) is 4.90 Å². The predicted octanol–water partition coefficient (Wildman–Crippen LogP) is 4.08. The lowest BCUT2D eigenvalue weighted by molar-refractivity contribution is 0.102. The van der Waals surface area contributed by atoms with Gasteiger partial charge in [-0.2, -0.15) is 0 Å². The molecule has 0 amide bonds. The minimum absolute atomic E-state index is 0.0801. The van der Waals surface area contributed by atoms with Gasteiger partial charge in [-0.15, -0.1) is 11.8 Å². The molecule has 0 N–H and O–H groups in total. The number of Topliss-reactive ketones (excluding diaryl/α,β-unsaturated/α-hetero) is 1. The van der Waals surface area contributed by atoms with Crippen molar-refractivity contribution in [3.8, 4) is 0 Å². The highest BCUT2D eigenvalue weighted by Gasteiger charge is 2.10. The number of halogens is 3. The van der Waals surface area contributed by atoms with Crippen molar-refractivity contribution in [3.63, 3.8) is 0 Å². The maximum atomic E-state index is 13.0. The van der Waals surface area contributed by atoms with E-state index in [1.165, 1.54) is 30.0 Å². The van der Waals surface area contributed by atoms with Crippen LogP contribution in [0.4, 0.5) is 13.2 Å². The Morgan fingerprint density at radius 2 is 1.63 bits per heavy atom. The normalized spacial score (nSPS) is 10.5. The Labute approximate surface area is 112 Å². The Morgan fingerprint density at radius 1 is 0.947 bits per heavy atom. The molecule has 0 aromatic heterocycles. The summed E-state index contributed by atoms with van der Waals surface area (Å²) in [6.07, 6.45) is 0. The summed E-state index contributed by atoms with van der Waals surface area (Å²) in [5.41, 5.74) is 0.119. The molecular weight excluding hydrogens is 273 g/mol. The van der Waals surface area contributed by atoms with Gasteiger partial charge < -0.3 is 0 Å². The quantitative estimate of drug-likeness (QED) is 0.621. The number of benzene rings is 2. The third-order valence-electron chi connectivity index (χ3n) is 2.43. The number of rotatable bonds is 4. The molecular formula is C14H9F3OS. The first-order valence-corrected chi connectivity index (χ1v) is 6.41. The van der Waals surface area contributed by atoms with Crippen LogP contribution in [0.15, 0.2) is 47.4 Å². The smallest absolute Gasteiger partial charge is 0.173 e. The first kappa shape index (κ1) is 13.7. The molecule has 0 aliphatic heterocycles. The first-order chi connectivity index (χ1) is 9.06. The Kier molecular flexibility index (Phi) is 4.27. The lowest BCUT2D eigenvalue weighted by atomic mass is 10.1. The molecule has 0 aliphatic carbocycles. The second-order valence-corrected chi connectivity index (χ2v) is 4.84. The van der Waals surface area contributed by atoms with Crippen molar-refractivity contribution < 1.29 is 18.0 Å². The van der Waals surface area contributed by atoms with Gasteiger partial charge in [-0.05, 0) is 42.5 Å². The molecule has 98 valence electrons. The Hall–Kier alpha value is -1.75. The van der Waals surface area contributed by atoms with Crippen LogP contribution >= 0.6 is 11.8 Å². The lowest BCUT2D eigenvalue weighted by Gasteiger charge is -2.02. The molecule has 0 bridgehead atoms. The fourth-order valence-electron chi connectivity index (χ4n) is 1.43. The SMILES string of the molecule is O=C(CSc1ccc(F)cc1)c1ccc(F)c(F)c1. The van der Waals surface area contributed by atoms with E-state index in [-0.39, 0.29) is 22.9 Å². The first-order valence-electron chi connectivity index (χ1n) is 5.43. The van der Waals surface area contributed by atoms with Gasteiger partial charge in [0.05, 0.1) is 5.75 Å². The zero-order valence-corrected chi connectivity index (χ0v) is 10.5. The molecule has 0 fully saturated rings. The summed E-state index contributed by atoms with van der Waals surface area (Å²) in [5.74, 6) is -2.61. The fraction of sp³-hybridized carbons (Fsp3) is 0.0714. The van der Waals surface area contributed by atoms with Crippen LogP contribution in [0, 0.1) is 17.5 Å². The van der Waals surface area contributed by atoms with E-state index in [1.54, 1.807) is 12.1 Å². The van der Waals surface area contributed by atoms with Crippen LogP contribution < -0.4 is 0 Å². The number of carbonyl (C=O) groups is 1. The zero-order chi connectivity index (χ0) is 13.8. The summed E-state index contributed by atoms with van der Waals surface area (Å²) >= 11 is 1.21. The molecule has 0 atom stereocenters. The van der Waals surface area contributed by atoms with Gasteiger partial charge in [0.2, 0.25) is 0 Å². The van der Waals surface area contributed by atoms with Gasteiger partial charge in [-0.1, -0.05) is 0 Å². The molecule has 0 saturated heterocycles. The van der Waals surface area contributed by atoms with E-state index in [0.29, 0.717) is 0 Å². The molecule has 2 rings (SSSR count). The van der Waals surface area contributed by atoms with Crippen molar-refractivity contribution in [2.75, 3.05) is 5.75 Å². The minimum atomic E-state index is -1.04. The number of carbonyl (C=O) groups excluding carboxylic acids is 1. The summed E-state index contributed by atoms with van der Waals surface area (Å²) in [6.45, 7) is 0. The molecule has 0 heterocycles. The maximum absolute atomic E-state index is 13.0. The van der Waals surface area contributed by atoms with E-state index in [2.05, 4.69) is 0 Å².